The fraction of sp³-hybridized carbons (Fsp3) is 0.750. The highest BCUT2D eigenvalue weighted by molar-refractivity contribution is 6.18. The number of rotatable bonds is 14. The molecule has 0 fully saturated rings. The molecular formula is C24H40O4. The molecule has 0 spiro atoms. The van der Waals surface area contributed by atoms with E-state index in [0.29, 0.717) is 30.4 Å². The lowest BCUT2D eigenvalue weighted by molar-refractivity contribution is -0.168. The van der Waals surface area contributed by atoms with Crippen LogP contribution in [0.3, 0.4) is 0 Å². The monoisotopic (exact) mass is 392 g/mol. The number of unbranched alkanes of at least 4 members (excludes halogenated alkanes) is 7. The van der Waals surface area contributed by atoms with E-state index in [4.69, 9.17) is 9.47 Å². The fourth-order valence-electron chi connectivity index (χ4n) is 4.08. The Balaban J connectivity index is 2.81. The molecule has 1 aliphatic rings. The predicted octanol–water partition coefficient (Wildman–Crippen LogP) is 5.74. The Hall–Kier alpha value is -1.26. The number of Topliss-reactive ketones (excluding diaryl/α,β-unsaturated/α-hetero) is 2. The molecule has 4 nitrogen and oxygen atoms in total. The number of hydrogen-bond acceptors (Lipinski definition) is 4. The normalized spacial score (nSPS) is 22.8. The Morgan fingerprint density at radius 3 is 2.11 bits per heavy atom. The first-order chi connectivity index (χ1) is 13.4. The zero-order chi connectivity index (χ0) is 21.2. The van der Waals surface area contributed by atoms with Crippen molar-refractivity contribution in [2.24, 2.45) is 0 Å². The standard InChI is InChI=1S/C24H40O4/c1-7-8-9-10-11-12-13-14-15-20-19(4)21(25)23(27-5)24(28-6,22(20)26)17-16-18(2)3/h23H,2,7-17H2,1,3-6H3. The van der Waals surface area contributed by atoms with Gasteiger partial charge >= 0.3 is 0 Å². The summed E-state index contributed by atoms with van der Waals surface area (Å²) in [5.41, 5.74) is 0.901. The third kappa shape index (κ3) is 6.12. The number of allylic oxidation sites excluding steroid dienone is 1. The average molecular weight is 393 g/mol. The maximum atomic E-state index is 13.4. The molecule has 1 rings (SSSR count). The number of methoxy groups -OCH3 is 2. The minimum absolute atomic E-state index is 0.0804. The molecule has 0 heterocycles. The van der Waals surface area contributed by atoms with E-state index in [1.54, 1.807) is 6.92 Å². The first-order valence-electron chi connectivity index (χ1n) is 10.9. The summed E-state index contributed by atoms with van der Waals surface area (Å²) >= 11 is 0. The van der Waals surface area contributed by atoms with Crippen LogP contribution in [0, 0.1) is 0 Å². The topological polar surface area (TPSA) is 52.6 Å². The van der Waals surface area contributed by atoms with E-state index in [1.807, 2.05) is 6.92 Å². The van der Waals surface area contributed by atoms with Gasteiger partial charge in [-0.25, -0.2) is 0 Å². The van der Waals surface area contributed by atoms with Gasteiger partial charge in [0.1, 0.15) is 0 Å². The van der Waals surface area contributed by atoms with Crippen LogP contribution in [0.15, 0.2) is 23.3 Å². The minimum atomic E-state index is -1.24. The molecule has 0 aromatic carbocycles. The molecule has 28 heavy (non-hydrogen) atoms. The number of ether oxygens (including phenoxy) is 2. The van der Waals surface area contributed by atoms with Crippen LogP contribution in [0.2, 0.25) is 0 Å². The fourth-order valence-corrected chi connectivity index (χ4v) is 4.08. The molecule has 4 heteroatoms. The maximum Gasteiger partial charge on any atom is 0.194 e. The zero-order valence-electron chi connectivity index (χ0n) is 18.7. The van der Waals surface area contributed by atoms with E-state index in [2.05, 4.69) is 13.5 Å². The van der Waals surface area contributed by atoms with Gasteiger partial charge in [-0.1, -0.05) is 57.4 Å². The third-order valence-corrected chi connectivity index (χ3v) is 5.95. The van der Waals surface area contributed by atoms with Crippen molar-refractivity contribution in [3.8, 4) is 0 Å². The van der Waals surface area contributed by atoms with Crippen LogP contribution in [0.1, 0.15) is 91.4 Å². The van der Waals surface area contributed by atoms with Gasteiger partial charge in [-0.2, -0.15) is 0 Å². The van der Waals surface area contributed by atoms with Gasteiger partial charge in [-0.15, -0.1) is 6.58 Å². The molecule has 0 amide bonds. The van der Waals surface area contributed by atoms with Gasteiger partial charge in [-0.05, 0) is 39.5 Å². The van der Waals surface area contributed by atoms with Gasteiger partial charge in [0.05, 0.1) is 0 Å². The highest BCUT2D eigenvalue weighted by Crippen LogP contribution is 2.38. The lowest BCUT2D eigenvalue weighted by Crippen LogP contribution is -2.59. The molecular weight excluding hydrogens is 352 g/mol. The summed E-state index contributed by atoms with van der Waals surface area (Å²) in [4.78, 5) is 26.3. The molecule has 0 saturated carbocycles. The molecule has 0 N–H and O–H groups in total. The molecule has 160 valence electrons. The predicted molar refractivity (Wildman–Crippen MR) is 115 cm³/mol. The summed E-state index contributed by atoms with van der Waals surface area (Å²) in [6.07, 6.45) is 10.4. The zero-order valence-corrected chi connectivity index (χ0v) is 18.7. The Morgan fingerprint density at radius 2 is 1.61 bits per heavy atom. The molecule has 1 aliphatic carbocycles. The number of hydrogen-bond donors (Lipinski definition) is 0. The van der Waals surface area contributed by atoms with E-state index in [0.717, 1.165) is 18.4 Å². The molecule has 0 saturated heterocycles. The van der Waals surface area contributed by atoms with Crippen LogP contribution >= 0.6 is 0 Å². The summed E-state index contributed by atoms with van der Waals surface area (Å²) in [5.74, 6) is -0.205. The molecule has 0 bridgehead atoms. The van der Waals surface area contributed by atoms with Crippen LogP contribution < -0.4 is 0 Å². The summed E-state index contributed by atoms with van der Waals surface area (Å²) in [6, 6.07) is 0. The van der Waals surface area contributed by atoms with Gasteiger partial charge < -0.3 is 9.47 Å². The van der Waals surface area contributed by atoms with Gasteiger partial charge in [0, 0.05) is 25.4 Å². The van der Waals surface area contributed by atoms with Gasteiger partial charge in [0.2, 0.25) is 0 Å². The first kappa shape index (κ1) is 24.8. The summed E-state index contributed by atoms with van der Waals surface area (Å²) in [6.45, 7) is 9.83. The van der Waals surface area contributed by atoms with Crippen LogP contribution in [-0.4, -0.2) is 37.5 Å². The Kier molecular flexibility index (Phi) is 10.9. The second-order valence-corrected chi connectivity index (χ2v) is 8.19. The van der Waals surface area contributed by atoms with E-state index >= 15 is 0 Å². The number of carbonyl (C=O) groups is 2. The smallest absolute Gasteiger partial charge is 0.194 e. The van der Waals surface area contributed by atoms with E-state index in [1.165, 1.54) is 52.7 Å². The lowest BCUT2D eigenvalue weighted by atomic mass is 9.72. The summed E-state index contributed by atoms with van der Waals surface area (Å²) < 4.78 is 11.2. The molecule has 0 radical (unpaired) electrons. The summed E-state index contributed by atoms with van der Waals surface area (Å²) in [7, 11) is 2.98. The first-order valence-corrected chi connectivity index (χ1v) is 10.9. The van der Waals surface area contributed by atoms with Gasteiger partial charge in [0.15, 0.2) is 23.3 Å². The largest absolute Gasteiger partial charge is 0.370 e. The van der Waals surface area contributed by atoms with Gasteiger partial charge in [0.25, 0.3) is 0 Å². The van der Waals surface area contributed by atoms with Crippen LogP contribution in [-0.2, 0) is 19.1 Å². The van der Waals surface area contributed by atoms with E-state index in [-0.39, 0.29) is 11.6 Å². The highest BCUT2D eigenvalue weighted by atomic mass is 16.5. The number of ketones is 2. The van der Waals surface area contributed by atoms with Crippen molar-refractivity contribution >= 4 is 11.6 Å². The van der Waals surface area contributed by atoms with E-state index < -0.39 is 11.7 Å². The number of carbonyl (C=O) groups excluding carboxylic acids is 2. The van der Waals surface area contributed by atoms with Crippen molar-refractivity contribution in [1.82, 2.24) is 0 Å². The molecule has 2 atom stereocenters. The van der Waals surface area contributed by atoms with Crippen LogP contribution in [0.25, 0.3) is 0 Å². The maximum absolute atomic E-state index is 13.4. The molecule has 2 unspecified atom stereocenters. The lowest BCUT2D eigenvalue weighted by Gasteiger charge is -2.41. The average Bonchev–Trinajstić information content (AvgIpc) is 2.68. The summed E-state index contributed by atoms with van der Waals surface area (Å²) in [5, 5.41) is 0. The second-order valence-electron chi connectivity index (χ2n) is 8.19. The van der Waals surface area contributed by atoms with Crippen LogP contribution in [0.4, 0.5) is 0 Å². The molecule has 0 aromatic rings. The highest BCUT2D eigenvalue weighted by Gasteiger charge is 2.54. The third-order valence-electron chi connectivity index (χ3n) is 5.95. The SMILES string of the molecule is C=C(C)CCC1(OC)C(=O)C(CCCCCCCCCC)=C(C)C(=O)C1OC. The van der Waals surface area contributed by atoms with Crippen molar-refractivity contribution in [2.75, 3.05) is 14.2 Å². The Morgan fingerprint density at radius 1 is 1.04 bits per heavy atom. The van der Waals surface area contributed by atoms with Crippen molar-refractivity contribution in [3.05, 3.63) is 23.3 Å². The van der Waals surface area contributed by atoms with Crippen molar-refractivity contribution in [3.63, 3.8) is 0 Å². The molecule has 0 aliphatic heterocycles. The van der Waals surface area contributed by atoms with Crippen molar-refractivity contribution < 1.29 is 19.1 Å². The van der Waals surface area contributed by atoms with Crippen LogP contribution in [0.5, 0.6) is 0 Å². The molecule has 0 aromatic heterocycles. The van der Waals surface area contributed by atoms with E-state index in [9.17, 15) is 9.59 Å². The Bertz CT molecular complexity index is 575. The quantitative estimate of drug-likeness (QED) is 0.279. The minimum Gasteiger partial charge on any atom is -0.370 e. The van der Waals surface area contributed by atoms with Gasteiger partial charge in [-0.3, -0.25) is 9.59 Å². The Labute approximate surface area is 171 Å². The second kappa shape index (κ2) is 12.3. The van der Waals surface area contributed by atoms with Crippen molar-refractivity contribution in [2.45, 2.75) is 103 Å². The van der Waals surface area contributed by atoms with Crippen molar-refractivity contribution in [1.29, 1.82) is 0 Å².